The van der Waals surface area contributed by atoms with Crippen LogP contribution in [0.2, 0.25) is 0 Å². The SMILES string of the molecule is NCc1cc(-c2ccc(F)cn2)n[nH]1. The van der Waals surface area contributed by atoms with Crippen molar-refractivity contribution < 1.29 is 4.39 Å². The molecule has 0 radical (unpaired) electrons. The van der Waals surface area contributed by atoms with Crippen LogP contribution in [0.15, 0.2) is 24.4 Å². The van der Waals surface area contributed by atoms with E-state index in [2.05, 4.69) is 15.2 Å². The molecule has 14 heavy (non-hydrogen) atoms. The number of nitrogens with two attached hydrogens (primary N) is 1. The summed E-state index contributed by atoms with van der Waals surface area (Å²) in [6.07, 6.45) is 1.16. The molecule has 2 rings (SSSR count). The molecule has 3 N–H and O–H groups in total. The summed E-state index contributed by atoms with van der Waals surface area (Å²) in [4.78, 5) is 3.90. The van der Waals surface area contributed by atoms with E-state index in [-0.39, 0.29) is 5.82 Å². The second-order valence-corrected chi connectivity index (χ2v) is 2.84. The van der Waals surface area contributed by atoms with Crippen LogP contribution in [0.25, 0.3) is 11.4 Å². The molecule has 4 nitrogen and oxygen atoms in total. The number of hydrogen-bond acceptors (Lipinski definition) is 3. The number of aromatic amines is 1. The maximum absolute atomic E-state index is 12.6. The fourth-order valence-electron chi connectivity index (χ4n) is 1.12. The van der Waals surface area contributed by atoms with Gasteiger partial charge in [-0.15, -0.1) is 0 Å². The normalized spacial score (nSPS) is 10.4. The van der Waals surface area contributed by atoms with E-state index in [4.69, 9.17) is 5.73 Å². The quantitative estimate of drug-likeness (QED) is 0.747. The molecular weight excluding hydrogens is 183 g/mol. The Morgan fingerprint density at radius 2 is 2.21 bits per heavy atom. The highest BCUT2D eigenvalue weighted by atomic mass is 19.1. The maximum Gasteiger partial charge on any atom is 0.141 e. The van der Waals surface area contributed by atoms with Crippen molar-refractivity contribution in [2.24, 2.45) is 5.73 Å². The van der Waals surface area contributed by atoms with Crippen molar-refractivity contribution in [1.29, 1.82) is 0 Å². The van der Waals surface area contributed by atoms with Crippen LogP contribution >= 0.6 is 0 Å². The first kappa shape index (κ1) is 8.83. The zero-order valence-corrected chi connectivity index (χ0v) is 7.37. The fraction of sp³-hybridized carbons (Fsp3) is 0.111. The molecule has 0 bridgehead atoms. The molecule has 0 fully saturated rings. The lowest BCUT2D eigenvalue weighted by Gasteiger charge is -1.93. The number of aromatic nitrogens is 3. The van der Waals surface area contributed by atoms with Crippen molar-refractivity contribution in [2.75, 3.05) is 0 Å². The Morgan fingerprint density at radius 1 is 1.36 bits per heavy atom. The molecule has 0 spiro atoms. The predicted molar refractivity (Wildman–Crippen MR) is 49.7 cm³/mol. The third kappa shape index (κ3) is 1.62. The third-order valence-electron chi connectivity index (χ3n) is 1.84. The largest absolute Gasteiger partial charge is 0.325 e. The number of rotatable bonds is 2. The molecule has 0 aliphatic heterocycles. The highest BCUT2D eigenvalue weighted by Crippen LogP contribution is 2.14. The summed E-state index contributed by atoms with van der Waals surface area (Å²) < 4.78 is 12.6. The summed E-state index contributed by atoms with van der Waals surface area (Å²) in [6.45, 7) is 0.397. The van der Waals surface area contributed by atoms with Crippen LogP contribution in [0, 0.1) is 5.82 Å². The molecule has 2 heterocycles. The van der Waals surface area contributed by atoms with Gasteiger partial charge in [0.2, 0.25) is 0 Å². The van der Waals surface area contributed by atoms with Gasteiger partial charge in [-0.1, -0.05) is 0 Å². The number of nitrogens with zero attached hydrogens (tertiary/aromatic N) is 2. The van der Waals surface area contributed by atoms with Crippen molar-refractivity contribution in [3.05, 3.63) is 35.9 Å². The average Bonchev–Trinajstić information content (AvgIpc) is 2.67. The lowest BCUT2D eigenvalue weighted by atomic mass is 10.2. The minimum atomic E-state index is -0.358. The summed E-state index contributed by atoms with van der Waals surface area (Å²) in [7, 11) is 0. The molecule has 0 saturated carbocycles. The fourth-order valence-corrected chi connectivity index (χ4v) is 1.12. The van der Waals surface area contributed by atoms with E-state index in [1.807, 2.05) is 0 Å². The molecule has 0 aliphatic rings. The van der Waals surface area contributed by atoms with Gasteiger partial charge in [-0.2, -0.15) is 5.10 Å². The van der Waals surface area contributed by atoms with Gasteiger partial charge in [-0.3, -0.25) is 10.1 Å². The Hall–Kier alpha value is -1.75. The van der Waals surface area contributed by atoms with Gasteiger partial charge in [0.25, 0.3) is 0 Å². The lowest BCUT2D eigenvalue weighted by molar-refractivity contribution is 0.622. The molecule has 0 saturated heterocycles. The first-order valence-electron chi connectivity index (χ1n) is 4.16. The number of H-pyrrole nitrogens is 1. The van der Waals surface area contributed by atoms with Gasteiger partial charge in [0.15, 0.2) is 0 Å². The molecule has 0 aromatic carbocycles. The molecule has 0 aliphatic carbocycles. The number of pyridine rings is 1. The zero-order valence-electron chi connectivity index (χ0n) is 7.37. The average molecular weight is 192 g/mol. The Labute approximate surface area is 80.0 Å². The molecule has 5 heteroatoms. The summed E-state index contributed by atoms with van der Waals surface area (Å²) >= 11 is 0. The zero-order chi connectivity index (χ0) is 9.97. The summed E-state index contributed by atoms with van der Waals surface area (Å²) in [6, 6.07) is 4.71. The van der Waals surface area contributed by atoms with Gasteiger partial charge in [-0.05, 0) is 18.2 Å². The molecule has 72 valence electrons. The first-order valence-corrected chi connectivity index (χ1v) is 4.16. The molecule has 0 amide bonds. The van der Waals surface area contributed by atoms with Gasteiger partial charge in [0.05, 0.1) is 11.9 Å². The van der Waals surface area contributed by atoms with Crippen LogP contribution in [0.5, 0.6) is 0 Å². The van der Waals surface area contributed by atoms with Gasteiger partial charge >= 0.3 is 0 Å². The summed E-state index contributed by atoms with van der Waals surface area (Å²) in [5.74, 6) is -0.358. The van der Waals surface area contributed by atoms with Crippen molar-refractivity contribution in [2.45, 2.75) is 6.54 Å². The molecule has 2 aromatic rings. The monoisotopic (exact) mass is 192 g/mol. The van der Waals surface area contributed by atoms with E-state index in [0.717, 1.165) is 11.9 Å². The maximum atomic E-state index is 12.6. The van der Waals surface area contributed by atoms with Gasteiger partial charge in [0, 0.05) is 12.2 Å². The number of hydrogen-bond donors (Lipinski definition) is 2. The number of halogens is 1. The predicted octanol–water partition coefficient (Wildman–Crippen LogP) is 1.07. The van der Waals surface area contributed by atoms with Gasteiger partial charge < -0.3 is 5.73 Å². The van der Waals surface area contributed by atoms with E-state index in [0.29, 0.717) is 17.9 Å². The second-order valence-electron chi connectivity index (χ2n) is 2.84. The highest BCUT2D eigenvalue weighted by Gasteiger charge is 2.03. The van der Waals surface area contributed by atoms with Crippen LogP contribution < -0.4 is 5.73 Å². The Balaban J connectivity index is 2.34. The number of nitrogens with one attached hydrogen (secondary N) is 1. The molecule has 0 atom stereocenters. The van der Waals surface area contributed by atoms with Gasteiger partial charge in [-0.25, -0.2) is 4.39 Å². The first-order chi connectivity index (χ1) is 6.79. The highest BCUT2D eigenvalue weighted by molar-refractivity contribution is 5.53. The summed E-state index contributed by atoms with van der Waals surface area (Å²) in [5, 5.41) is 6.76. The Morgan fingerprint density at radius 3 is 2.79 bits per heavy atom. The van der Waals surface area contributed by atoms with Crippen LogP contribution in [-0.2, 0) is 6.54 Å². The van der Waals surface area contributed by atoms with Crippen molar-refractivity contribution in [3.63, 3.8) is 0 Å². The minimum absolute atomic E-state index is 0.358. The van der Waals surface area contributed by atoms with E-state index >= 15 is 0 Å². The Bertz CT molecular complexity index is 421. The van der Waals surface area contributed by atoms with Crippen molar-refractivity contribution >= 4 is 0 Å². The topological polar surface area (TPSA) is 67.6 Å². The smallest absolute Gasteiger partial charge is 0.141 e. The van der Waals surface area contributed by atoms with Crippen LogP contribution in [0.3, 0.4) is 0 Å². The van der Waals surface area contributed by atoms with Gasteiger partial charge in [0.1, 0.15) is 11.5 Å². The van der Waals surface area contributed by atoms with E-state index < -0.39 is 0 Å². The molecule has 2 aromatic heterocycles. The van der Waals surface area contributed by atoms with Crippen LogP contribution in [0.4, 0.5) is 4.39 Å². The van der Waals surface area contributed by atoms with E-state index in [9.17, 15) is 4.39 Å². The minimum Gasteiger partial charge on any atom is -0.325 e. The Kier molecular flexibility index (Phi) is 2.24. The molecule has 0 unspecified atom stereocenters. The van der Waals surface area contributed by atoms with Crippen molar-refractivity contribution in [3.8, 4) is 11.4 Å². The second kappa shape index (κ2) is 3.55. The van der Waals surface area contributed by atoms with Crippen LogP contribution in [0.1, 0.15) is 5.69 Å². The molecular formula is C9H9FN4. The van der Waals surface area contributed by atoms with Crippen LogP contribution in [-0.4, -0.2) is 15.2 Å². The lowest BCUT2D eigenvalue weighted by Crippen LogP contribution is -1.95. The summed E-state index contributed by atoms with van der Waals surface area (Å²) in [5.41, 5.74) is 7.54. The van der Waals surface area contributed by atoms with E-state index in [1.54, 1.807) is 12.1 Å². The third-order valence-corrected chi connectivity index (χ3v) is 1.84. The standard InChI is InChI=1S/C9H9FN4/c10-6-1-2-8(12-5-6)9-3-7(4-11)13-14-9/h1-3,5H,4,11H2,(H,13,14). The van der Waals surface area contributed by atoms with E-state index in [1.165, 1.54) is 6.07 Å². The van der Waals surface area contributed by atoms with Crippen molar-refractivity contribution in [1.82, 2.24) is 15.2 Å².